The Kier molecular flexibility index (Phi) is 6.48. The van der Waals surface area contributed by atoms with Crippen LogP contribution in [0, 0.1) is 5.92 Å². The summed E-state index contributed by atoms with van der Waals surface area (Å²) in [6.45, 7) is 7.05. The number of carbonyl (C=O) groups excluding carboxylic acids is 1. The van der Waals surface area contributed by atoms with Crippen molar-refractivity contribution in [3.8, 4) is 0 Å². The van der Waals surface area contributed by atoms with Crippen LogP contribution < -0.4 is 5.32 Å². The number of methoxy groups -OCH3 is 1. The highest BCUT2D eigenvalue weighted by Crippen LogP contribution is 2.59. The minimum Gasteiger partial charge on any atom is -0.478 e. The lowest BCUT2D eigenvalue weighted by Gasteiger charge is -2.42. The number of hydrogen-bond donors (Lipinski definition) is 2. The van der Waals surface area contributed by atoms with Crippen LogP contribution in [-0.2, 0) is 25.5 Å². The molecule has 1 saturated carbocycles. The molecule has 6 atom stereocenters. The number of aromatic carboxylic acids is 1. The zero-order valence-electron chi connectivity index (χ0n) is 19.5. The van der Waals surface area contributed by atoms with Crippen molar-refractivity contribution in [2.24, 2.45) is 5.92 Å². The third-order valence-electron chi connectivity index (χ3n) is 6.98. The Bertz CT molecular complexity index is 923. The van der Waals surface area contributed by atoms with Crippen molar-refractivity contribution in [2.45, 2.75) is 76.1 Å². The number of nitrogens with zero attached hydrogens (tertiary/aromatic N) is 1. The fourth-order valence-electron chi connectivity index (χ4n) is 5.07. The summed E-state index contributed by atoms with van der Waals surface area (Å²) in [5, 5.41) is 11.6. The van der Waals surface area contributed by atoms with Crippen LogP contribution in [-0.4, -0.2) is 65.4 Å². The predicted molar refractivity (Wildman–Crippen MR) is 118 cm³/mol. The van der Waals surface area contributed by atoms with Crippen LogP contribution in [0.2, 0.25) is 0 Å². The lowest BCUT2D eigenvalue weighted by molar-refractivity contribution is -0.118. The van der Waals surface area contributed by atoms with E-state index in [1.807, 2.05) is 0 Å². The zero-order valence-corrected chi connectivity index (χ0v) is 19.5. The van der Waals surface area contributed by atoms with E-state index in [0.717, 1.165) is 12.8 Å². The minimum atomic E-state index is -1.05. The van der Waals surface area contributed by atoms with E-state index in [-0.39, 0.29) is 35.8 Å². The van der Waals surface area contributed by atoms with Gasteiger partial charge in [-0.2, -0.15) is 0 Å². The summed E-state index contributed by atoms with van der Waals surface area (Å²) in [6.07, 6.45) is 4.44. The van der Waals surface area contributed by atoms with Gasteiger partial charge >= 0.3 is 12.1 Å². The third kappa shape index (κ3) is 4.90. The van der Waals surface area contributed by atoms with Gasteiger partial charge in [0, 0.05) is 13.3 Å². The average molecular weight is 461 g/mol. The number of pyridine rings is 1. The molecule has 0 aromatic carbocycles. The molecule has 4 rings (SSSR count). The molecule has 2 saturated heterocycles. The zero-order chi connectivity index (χ0) is 23.8. The molecule has 1 unspecified atom stereocenters. The van der Waals surface area contributed by atoms with E-state index in [1.54, 1.807) is 13.2 Å². The molecule has 2 aliphatic heterocycles. The Morgan fingerprint density at radius 2 is 2.12 bits per heavy atom. The highest BCUT2D eigenvalue weighted by molar-refractivity contribution is 5.87. The van der Waals surface area contributed by atoms with Gasteiger partial charge in [0.1, 0.15) is 23.4 Å². The predicted octanol–water partition coefficient (Wildman–Crippen LogP) is 3.08. The Labute approximate surface area is 193 Å². The summed E-state index contributed by atoms with van der Waals surface area (Å²) >= 11 is 0. The Morgan fingerprint density at radius 3 is 2.70 bits per heavy atom. The quantitative estimate of drug-likeness (QED) is 0.448. The summed E-state index contributed by atoms with van der Waals surface area (Å²) in [6, 6.07) is 3.01. The van der Waals surface area contributed by atoms with Gasteiger partial charge in [-0.05, 0) is 52.2 Å². The number of carbonyl (C=O) groups is 2. The fraction of sp³-hybridized carbons (Fsp3) is 0.625. The Hall–Kier alpha value is -2.49. The number of epoxide rings is 2. The van der Waals surface area contributed by atoms with Crippen molar-refractivity contribution in [2.75, 3.05) is 13.7 Å². The number of alkyl carbamates (subject to hydrolysis) is 1. The second kappa shape index (κ2) is 9.04. The van der Waals surface area contributed by atoms with E-state index < -0.39 is 23.8 Å². The van der Waals surface area contributed by atoms with E-state index >= 15 is 0 Å². The van der Waals surface area contributed by atoms with Crippen LogP contribution in [0.25, 0.3) is 0 Å². The molecule has 0 radical (unpaired) electrons. The molecule has 180 valence electrons. The van der Waals surface area contributed by atoms with Crippen LogP contribution in [0.5, 0.6) is 0 Å². The first-order valence-corrected chi connectivity index (χ1v) is 11.3. The molecule has 1 spiro atoms. The molecule has 1 aromatic rings. The number of carboxylic acid groups (broad SMARTS) is 1. The van der Waals surface area contributed by atoms with Gasteiger partial charge in [-0.15, -0.1) is 0 Å². The SMILES string of the molecule is CO[C@@H]1[C@H](OC(=O)NCc2ccc(C(=O)O)cn2)CC[C@]2(CO2)[C@H]1[C@@]1(C)OC1CC=C(C)C. The second-order valence-corrected chi connectivity index (χ2v) is 9.52. The molecule has 9 heteroatoms. The average Bonchev–Trinajstić information content (AvgIpc) is 3.69. The summed E-state index contributed by atoms with van der Waals surface area (Å²) in [4.78, 5) is 27.5. The van der Waals surface area contributed by atoms with Gasteiger partial charge in [0.2, 0.25) is 0 Å². The first-order chi connectivity index (χ1) is 15.7. The minimum absolute atomic E-state index is 0.0395. The smallest absolute Gasteiger partial charge is 0.407 e. The van der Waals surface area contributed by atoms with Crippen molar-refractivity contribution < 1.29 is 33.6 Å². The van der Waals surface area contributed by atoms with Crippen molar-refractivity contribution in [1.29, 1.82) is 0 Å². The molecule has 1 aliphatic carbocycles. The first kappa shape index (κ1) is 23.7. The molecule has 3 aliphatic rings. The third-order valence-corrected chi connectivity index (χ3v) is 6.98. The van der Waals surface area contributed by atoms with Crippen molar-refractivity contribution in [3.63, 3.8) is 0 Å². The van der Waals surface area contributed by atoms with E-state index in [4.69, 9.17) is 24.1 Å². The topological polar surface area (TPSA) is 123 Å². The summed E-state index contributed by atoms with van der Waals surface area (Å²) in [5.74, 6) is -1.09. The van der Waals surface area contributed by atoms with E-state index in [1.165, 1.54) is 17.8 Å². The van der Waals surface area contributed by atoms with E-state index in [0.29, 0.717) is 18.7 Å². The number of allylic oxidation sites excluding steroid dienone is 1. The van der Waals surface area contributed by atoms with Crippen molar-refractivity contribution in [1.82, 2.24) is 10.3 Å². The number of hydrogen-bond acceptors (Lipinski definition) is 7. The van der Waals surface area contributed by atoms with Crippen LogP contribution in [0.4, 0.5) is 4.79 Å². The molecule has 33 heavy (non-hydrogen) atoms. The normalized spacial score (nSPS) is 34.4. The highest BCUT2D eigenvalue weighted by Gasteiger charge is 2.72. The van der Waals surface area contributed by atoms with Crippen LogP contribution in [0.3, 0.4) is 0 Å². The molecular formula is C24H32N2O7. The Morgan fingerprint density at radius 1 is 1.36 bits per heavy atom. The molecular weight excluding hydrogens is 428 g/mol. The van der Waals surface area contributed by atoms with Crippen LogP contribution >= 0.6 is 0 Å². The fourth-order valence-corrected chi connectivity index (χ4v) is 5.07. The van der Waals surface area contributed by atoms with Gasteiger partial charge in [0.25, 0.3) is 0 Å². The van der Waals surface area contributed by atoms with Crippen molar-refractivity contribution >= 4 is 12.1 Å². The highest BCUT2D eigenvalue weighted by atomic mass is 16.6. The molecule has 3 fully saturated rings. The van der Waals surface area contributed by atoms with Crippen LogP contribution in [0.1, 0.15) is 56.1 Å². The largest absolute Gasteiger partial charge is 0.478 e. The Balaban J connectivity index is 1.38. The number of carboxylic acids is 1. The maximum absolute atomic E-state index is 12.5. The van der Waals surface area contributed by atoms with E-state index in [2.05, 4.69) is 37.1 Å². The lowest BCUT2D eigenvalue weighted by atomic mass is 9.68. The molecule has 2 N–H and O–H groups in total. The maximum atomic E-state index is 12.5. The molecule has 1 aromatic heterocycles. The molecule has 1 amide bonds. The van der Waals surface area contributed by atoms with Gasteiger partial charge < -0.3 is 29.4 Å². The van der Waals surface area contributed by atoms with Gasteiger partial charge in [0.05, 0.1) is 36.4 Å². The summed E-state index contributed by atoms with van der Waals surface area (Å²) < 4.78 is 23.8. The maximum Gasteiger partial charge on any atom is 0.407 e. The van der Waals surface area contributed by atoms with Crippen molar-refractivity contribution in [3.05, 3.63) is 41.2 Å². The molecule has 9 nitrogen and oxygen atoms in total. The van der Waals surface area contributed by atoms with E-state index in [9.17, 15) is 9.59 Å². The standard InChI is InChI=1S/C24H32N2O7/c1-14(2)5-8-18-23(3,33-18)20-19(30-4)17(9-10-24(20)13-31-24)32-22(29)26-12-16-7-6-15(11-25-16)21(27)28/h5-7,11,17-20H,8-10,12-13H2,1-4H3,(H,26,29)(H,27,28)/t17-,18?,19-,20-,23+,24+/m1/s1. The monoisotopic (exact) mass is 460 g/mol. The lowest BCUT2D eigenvalue weighted by Crippen LogP contribution is -2.56. The number of rotatable bonds is 8. The molecule has 3 heterocycles. The summed E-state index contributed by atoms with van der Waals surface area (Å²) in [7, 11) is 1.64. The van der Waals surface area contributed by atoms with Gasteiger partial charge in [-0.1, -0.05) is 11.6 Å². The van der Waals surface area contributed by atoms with Crippen LogP contribution in [0.15, 0.2) is 30.0 Å². The molecule has 0 bridgehead atoms. The number of nitrogens with one attached hydrogen (secondary N) is 1. The van der Waals surface area contributed by atoms with Gasteiger partial charge in [-0.3, -0.25) is 4.98 Å². The number of ether oxygens (including phenoxy) is 4. The number of aromatic nitrogens is 1. The second-order valence-electron chi connectivity index (χ2n) is 9.52. The number of amides is 1. The van der Waals surface area contributed by atoms with Gasteiger partial charge in [0.15, 0.2) is 0 Å². The summed E-state index contributed by atoms with van der Waals surface area (Å²) in [5.41, 5.74) is 1.21. The first-order valence-electron chi connectivity index (χ1n) is 11.3. The van der Waals surface area contributed by atoms with Gasteiger partial charge in [-0.25, -0.2) is 9.59 Å².